The van der Waals surface area contributed by atoms with Crippen LogP contribution in [0.1, 0.15) is 10.4 Å². The third-order valence-electron chi connectivity index (χ3n) is 1.39. The molecule has 0 fully saturated rings. The van der Waals surface area contributed by atoms with E-state index in [0.717, 1.165) is 0 Å². The van der Waals surface area contributed by atoms with Gasteiger partial charge in [0.25, 0.3) is 5.24 Å². The predicted molar refractivity (Wildman–Crippen MR) is 48.2 cm³/mol. The van der Waals surface area contributed by atoms with Gasteiger partial charge in [0.2, 0.25) is 0 Å². The van der Waals surface area contributed by atoms with Crippen molar-refractivity contribution in [2.24, 2.45) is 0 Å². The first-order chi connectivity index (χ1) is 5.65. The van der Waals surface area contributed by atoms with Crippen LogP contribution in [0.4, 0.5) is 0 Å². The minimum atomic E-state index is -0.584. The van der Waals surface area contributed by atoms with Gasteiger partial charge in [-0.05, 0) is 29.8 Å². The zero-order valence-corrected chi connectivity index (χ0v) is 7.82. The molecule has 4 heteroatoms. The molecule has 0 saturated carbocycles. The molecule has 0 N–H and O–H groups in total. The zero-order chi connectivity index (χ0) is 9.14. The van der Waals surface area contributed by atoms with E-state index in [4.69, 9.17) is 27.9 Å². The lowest BCUT2D eigenvalue weighted by atomic mass is 10.2. The molecule has 0 radical (unpaired) electrons. The van der Waals surface area contributed by atoms with Crippen LogP contribution in [-0.2, 0) is 0 Å². The van der Waals surface area contributed by atoms with E-state index >= 15 is 0 Å². The Morgan fingerprint density at radius 2 is 2.17 bits per heavy atom. The monoisotopic (exact) mass is 204 g/mol. The molecule has 1 rings (SSSR count). The molecule has 0 aromatic heterocycles. The fraction of sp³-hybridized carbons (Fsp3) is 0.125. The van der Waals surface area contributed by atoms with Crippen molar-refractivity contribution < 1.29 is 9.53 Å². The van der Waals surface area contributed by atoms with E-state index in [1.165, 1.54) is 13.2 Å². The Morgan fingerprint density at radius 1 is 1.50 bits per heavy atom. The van der Waals surface area contributed by atoms with Gasteiger partial charge in [-0.2, -0.15) is 0 Å². The Bertz CT molecular complexity index is 310. The normalized spacial score (nSPS) is 9.58. The summed E-state index contributed by atoms with van der Waals surface area (Å²) >= 11 is 10.9. The van der Waals surface area contributed by atoms with E-state index in [1.807, 2.05) is 0 Å². The van der Waals surface area contributed by atoms with Gasteiger partial charge in [-0.25, -0.2) is 0 Å². The second kappa shape index (κ2) is 3.78. The third kappa shape index (κ3) is 1.90. The number of carbonyl (C=O) groups excluding carboxylic acids is 1. The molecular formula is C8H6Cl2O2. The Balaban J connectivity index is 3.17. The highest BCUT2D eigenvalue weighted by atomic mass is 35.5. The van der Waals surface area contributed by atoms with Crippen LogP contribution in [0.15, 0.2) is 18.2 Å². The number of methoxy groups -OCH3 is 1. The zero-order valence-electron chi connectivity index (χ0n) is 6.30. The number of ether oxygens (including phenoxy) is 1. The fourth-order valence-corrected chi connectivity index (χ4v) is 1.19. The maximum Gasteiger partial charge on any atom is 0.254 e. The molecule has 2 nitrogen and oxygen atoms in total. The van der Waals surface area contributed by atoms with E-state index < -0.39 is 5.24 Å². The molecule has 12 heavy (non-hydrogen) atoms. The van der Waals surface area contributed by atoms with Gasteiger partial charge in [0, 0.05) is 0 Å². The van der Waals surface area contributed by atoms with E-state index in [1.54, 1.807) is 12.1 Å². The fourth-order valence-electron chi connectivity index (χ4n) is 0.782. The molecule has 0 aliphatic carbocycles. The largest absolute Gasteiger partial charge is 0.497 e. The average molecular weight is 205 g/mol. The quantitative estimate of drug-likeness (QED) is 0.693. The van der Waals surface area contributed by atoms with Gasteiger partial charge in [0.1, 0.15) is 5.75 Å². The first-order valence-electron chi connectivity index (χ1n) is 3.18. The molecule has 64 valence electrons. The van der Waals surface area contributed by atoms with Crippen LogP contribution in [0.5, 0.6) is 5.75 Å². The molecule has 0 saturated heterocycles. The number of carbonyl (C=O) groups is 1. The van der Waals surface area contributed by atoms with Gasteiger partial charge >= 0.3 is 0 Å². The molecule has 1 aromatic rings. The Morgan fingerprint density at radius 3 is 2.67 bits per heavy atom. The summed E-state index contributed by atoms with van der Waals surface area (Å²) in [7, 11) is 1.51. The second-order valence-electron chi connectivity index (χ2n) is 2.12. The van der Waals surface area contributed by atoms with Crippen LogP contribution >= 0.6 is 23.2 Å². The molecule has 0 atom stereocenters. The van der Waals surface area contributed by atoms with Crippen molar-refractivity contribution in [2.75, 3.05) is 7.11 Å². The summed E-state index contributed by atoms with van der Waals surface area (Å²) in [5.74, 6) is 0.559. The summed E-state index contributed by atoms with van der Waals surface area (Å²) in [4.78, 5) is 10.8. The standard InChI is InChI=1S/C8H6Cl2O2/c1-12-5-2-3-7(9)6(4-5)8(10)11/h2-4H,1H3. The molecule has 1 aromatic carbocycles. The SMILES string of the molecule is COc1ccc(Cl)c(C(=O)Cl)c1. The average Bonchev–Trinajstić information content (AvgIpc) is 2.05. The molecular weight excluding hydrogens is 199 g/mol. The van der Waals surface area contributed by atoms with Crippen molar-refractivity contribution in [3.05, 3.63) is 28.8 Å². The van der Waals surface area contributed by atoms with Gasteiger partial charge < -0.3 is 4.74 Å². The summed E-state index contributed by atoms with van der Waals surface area (Å²) in [5.41, 5.74) is 0.262. The maximum atomic E-state index is 10.8. The van der Waals surface area contributed by atoms with Crippen LogP contribution in [0.25, 0.3) is 0 Å². The molecule has 0 amide bonds. The third-order valence-corrected chi connectivity index (χ3v) is 1.92. The van der Waals surface area contributed by atoms with Gasteiger partial charge in [-0.15, -0.1) is 0 Å². The van der Waals surface area contributed by atoms with Crippen molar-refractivity contribution in [3.63, 3.8) is 0 Å². The summed E-state index contributed by atoms with van der Waals surface area (Å²) in [6.45, 7) is 0. The highest BCUT2D eigenvalue weighted by molar-refractivity contribution is 6.68. The molecule has 0 unspecified atom stereocenters. The number of benzene rings is 1. The maximum absolute atomic E-state index is 10.8. The number of halogens is 2. The van der Waals surface area contributed by atoms with E-state index in [9.17, 15) is 4.79 Å². The van der Waals surface area contributed by atoms with Gasteiger partial charge in [-0.1, -0.05) is 11.6 Å². The van der Waals surface area contributed by atoms with Crippen LogP contribution in [-0.4, -0.2) is 12.4 Å². The minimum absolute atomic E-state index is 0.262. The van der Waals surface area contributed by atoms with Crippen molar-refractivity contribution in [1.29, 1.82) is 0 Å². The van der Waals surface area contributed by atoms with E-state index in [2.05, 4.69) is 0 Å². The van der Waals surface area contributed by atoms with Crippen LogP contribution < -0.4 is 4.74 Å². The predicted octanol–water partition coefficient (Wildman–Crippen LogP) is 2.73. The van der Waals surface area contributed by atoms with Crippen LogP contribution in [0.2, 0.25) is 5.02 Å². The number of hydrogen-bond acceptors (Lipinski definition) is 2. The summed E-state index contributed by atoms with van der Waals surface area (Å²) < 4.78 is 4.89. The molecule has 0 heterocycles. The van der Waals surface area contributed by atoms with Gasteiger partial charge in [-0.3, -0.25) is 4.79 Å². The summed E-state index contributed by atoms with van der Waals surface area (Å²) in [6.07, 6.45) is 0. The van der Waals surface area contributed by atoms with Gasteiger partial charge in [0.05, 0.1) is 17.7 Å². The molecule has 0 spiro atoms. The molecule has 0 aliphatic rings. The summed E-state index contributed by atoms with van der Waals surface area (Å²) in [6, 6.07) is 4.72. The number of rotatable bonds is 2. The highest BCUT2D eigenvalue weighted by Crippen LogP contribution is 2.23. The Hall–Kier alpha value is -0.730. The van der Waals surface area contributed by atoms with Crippen LogP contribution in [0.3, 0.4) is 0 Å². The topological polar surface area (TPSA) is 26.3 Å². The molecule has 0 aliphatic heterocycles. The highest BCUT2D eigenvalue weighted by Gasteiger charge is 2.08. The van der Waals surface area contributed by atoms with E-state index in [-0.39, 0.29) is 5.56 Å². The number of hydrogen-bond donors (Lipinski definition) is 0. The second-order valence-corrected chi connectivity index (χ2v) is 2.87. The first kappa shape index (κ1) is 9.36. The van der Waals surface area contributed by atoms with Crippen LogP contribution in [0, 0.1) is 0 Å². The Kier molecular flexibility index (Phi) is 2.95. The van der Waals surface area contributed by atoms with Crippen molar-refractivity contribution in [2.45, 2.75) is 0 Å². The van der Waals surface area contributed by atoms with Crippen molar-refractivity contribution in [1.82, 2.24) is 0 Å². The first-order valence-corrected chi connectivity index (χ1v) is 3.94. The lowest BCUT2D eigenvalue weighted by Gasteiger charge is -2.02. The van der Waals surface area contributed by atoms with Crippen molar-refractivity contribution in [3.8, 4) is 5.75 Å². The van der Waals surface area contributed by atoms with Gasteiger partial charge in [0.15, 0.2) is 0 Å². The van der Waals surface area contributed by atoms with E-state index in [0.29, 0.717) is 10.8 Å². The van der Waals surface area contributed by atoms with Crippen molar-refractivity contribution >= 4 is 28.4 Å². The summed E-state index contributed by atoms with van der Waals surface area (Å²) in [5, 5.41) is -0.255. The Labute approximate surface area is 80.0 Å². The lowest BCUT2D eigenvalue weighted by Crippen LogP contribution is -1.91. The smallest absolute Gasteiger partial charge is 0.254 e. The lowest BCUT2D eigenvalue weighted by molar-refractivity contribution is 0.108. The minimum Gasteiger partial charge on any atom is -0.497 e. The molecule has 0 bridgehead atoms.